The molecule has 0 atom stereocenters. The van der Waals surface area contributed by atoms with Crippen LogP contribution in [0.15, 0.2) is 30.3 Å². The summed E-state index contributed by atoms with van der Waals surface area (Å²) < 4.78 is 38.8. The summed E-state index contributed by atoms with van der Waals surface area (Å²) in [6.45, 7) is 0. The van der Waals surface area contributed by atoms with Crippen molar-refractivity contribution in [3.05, 3.63) is 41.0 Å². The highest BCUT2D eigenvalue weighted by atomic mass is 35.5. The molecule has 1 aliphatic carbocycles. The van der Waals surface area contributed by atoms with Crippen LogP contribution < -0.4 is 10.6 Å². The number of anilines is 3. The average Bonchev–Trinajstić information content (AvgIpc) is 3.24. The van der Waals surface area contributed by atoms with Gasteiger partial charge in [-0.2, -0.15) is 18.2 Å². The second kappa shape index (κ2) is 5.64. The van der Waals surface area contributed by atoms with Crippen LogP contribution in [0.4, 0.5) is 30.6 Å². The molecule has 4 nitrogen and oxygen atoms in total. The van der Waals surface area contributed by atoms with Crippen LogP contribution in [0.2, 0.25) is 5.02 Å². The lowest BCUT2D eigenvalue weighted by Gasteiger charge is -2.12. The highest BCUT2D eigenvalue weighted by Crippen LogP contribution is 2.31. The summed E-state index contributed by atoms with van der Waals surface area (Å²) in [5, 5.41) is 6.25. The topological polar surface area (TPSA) is 49.8 Å². The first-order valence-electron chi connectivity index (χ1n) is 6.65. The number of hydrogen-bond acceptors (Lipinski definition) is 4. The molecule has 0 radical (unpaired) electrons. The summed E-state index contributed by atoms with van der Waals surface area (Å²) in [7, 11) is 0. The van der Waals surface area contributed by atoms with Crippen LogP contribution in [0.3, 0.4) is 0 Å². The molecule has 2 aromatic rings. The van der Waals surface area contributed by atoms with Gasteiger partial charge in [0.05, 0.1) is 0 Å². The van der Waals surface area contributed by atoms with E-state index in [-0.39, 0.29) is 17.8 Å². The zero-order valence-corrected chi connectivity index (χ0v) is 12.0. The second-order valence-electron chi connectivity index (χ2n) is 5.01. The number of halogens is 4. The summed E-state index contributed by atoms with van der Waals surface area (Å²) in [5.74, 6) is 0.0570. The molecule has 1 saturated carbocycles. The van der Waals surface area contributed by atoms with E-state index < -0.39 is 11.9 Å². The van der Waals surface area contributed by atoms with Crippen LogP contribution in [0.25, 0.3) is 0 Å². The Labute approximate surface area is 129 Å². The molecule has 22 heavy (non-hydrogen) atoms. The van der Waals surface area contributed by atoms with Crippen LogP contribution in [0.1, 0.15) is 18.5 Å². The third-order valence-electron chi connectivity index (χ3n) is 3.04. The molecule has 2 N–H and O–H groups in total. The van der Waals surface area contributed by atoms with Crippen molar-refractivity contribution in [1.82, 2.24) is 9.97 Å². The molecular weight excluding hydrogens is 317 g/mol. The average molecular weight is 329 g/mol. The highest BCUT2D eigenvalue weighted by Gasteiger charge is 2.34. The van der Waals surface area contributed by atoms with E-state index in [0.29, 0.717) is 10.7 Å². The number of hydrogen-bond donors (Lipinski definition) is 2. The van der Waals surface area contributed by atoms with E-state index >= 15 is 0 Å². The lowest BCUT2D eigenvalue weighted by atomic mass is 10.3. The molecule has 1 aromatic carbocycles. The maximum atomic E-state index is 12.9. The molecule has 0 amide bonds. The molecule has 8 heteroatoms. The lowest BCUT2D eigenvalue weighted by molar-refractivity contribution is -0.141. The molecule has 0 bridgehead atoms. The van der Waals surface area contributed by atoms with Crippen molar-refractivity contribution in [3.8, 4) is 0 Å². The number of nitrogens with one attached hydrogen (secondary N) is 2. The summed E-state index contributed by atoms with van der Waals surface area (Å²) in [4.78, 5) is 7.61. The van der Waals surface area contributed by atoms with E-state index in [9.17, 15) is 13.2 Å². The Bertz CT molecular complexity index is 669. The van der Waals surface area contributed by atoms with Crippen molar-refractivity contribution >= 4 is 29.1 Å². The van der Waals surface area contributed by atoms with Crippen LogP contribution in [-0.2, 0) is 6.18 Å². The van der Waals surface area contributed by atoms with Gasteiger partial charge in [-0.1, -0.05) is 11.6 Å². The molecule has 0 aliphatic heterocycles. The van der Waals surface area contributed by atoms with E-state index in [0.717, 1.165) is 18.9 Å². The van der Waals surface area contributed by atoms with Gasteiger partial charge in [-0.05, 0) is 37.1 Å². The molecule has 3 rings (SSSR count). The van der Waals surface area contributed by atoms with Gasteiger partial charge in [-0.15, -0.1) is 0 Å². The summed E-state index contributed by atoms with van der Waals surface area (Å²) in [5.41, 5.74) is -0.393. The third-order valence-corrected chi connectivity index (χ3v) is 3.30. The molecule has 1 aromatic heterocycles. The maximum absolute atomic E-state index is 12.9. The number of benzene rings is 1. The van der Waals surface area contributed by atoms with Crippen molar-refractivity contribution in [1.29, 1.82) is 0 Å². The van der Waals surface area contributed by atoms with E-state index in [1.807, 2.05) is 0 Å². The van der Waals surface area contributed by atoms with Gasteiger partial charge in [0.15, 0.2) is 5.69 Å². The van der Waals surface area contributed by atoms with Crippen molar-refractivity contribution < 1.29 is 13.2 Å². The van der Waals surface area contributed by atoms with Gasteiger partial charge in [-0.3, -0.25) is 0 Å². The molecule has 1 aliphatic rings. The molecule has 1 fully saturated rings. The summed E-state index contributed by atoms with van der Waals surface area (Å²) in [6.07, 6.45) is -2.70. The number of rotatable bonds is 4. The number of alkyl halides is 3. The van der Waals surface area contributed by atoms with Crippen molar-refractivity contribution in [2.75, 3.05) is 10.6 Å². The van der Waals surface area contributed by atoms with Crippen molar-refractivity contribution in [2.24, 2.45) is 0 Å². The SMILES string of the molecule is FC(F)(F)c1cc(Nc2ccc(Cl)cc2)nc(NC2CC2)n1. The number of nitrogens with zero attached hydrogens (tertiary/aromatic N) is 2. The summed E-state index contributed by atoms with van der Waals surface area (Å²) >= 11 is 5.78. The fourth-order valence-electron chi connectivity index (χ4n) is 1.81. The van der Waals surface area contributed by atoms with Crippen LogP contribution in [-0.4, -0.2) is 16.0 Å². The van der Waals surface area contributed by atoms with Gasteiger partial charge in [-0.25, -0.2) is 4.98 Å². The van der Waals surface area contributed by atoms with Crippen LogP contribution in [0, 0.1) is 0 Å². The molecule has 1 heterocycles. The Balaban J connectivity index is 1.89. The molecule has 116 valence electrons. The number of aromatic nitrogens is 2. The van der Waals surface area contributed by atoms with Crippen molar-refractivity contribution in [3.63, 3.8) is 0 Å². The largest absolute Gasteiger partial charge is 0.433 e. The van der Waals surface area contributed by atoms with Crippen molar-refractivity contribution in [2.45, 2.75) is 25.1 Å². The fourth-order valence-corrected chi connectivity index (χ4v) is 1.94. The van der Waals surface area contributed by atoms with Gasteiger partial charge in [0.2, 0.25) is 5.95 Å². The molecule has 0 saturated heterocycles. The smallest absolute Gasteiger partial charge is 0.351 e. The Hall–Kier alpha value is -2.02. The maximum Gasteiger partial charge on any atom is 0.433 e. The van der Waals surface area contributed by atoms with E-state index in [2.05, 4.69) is 20.6 Å². The zero-order valence-electron chi connectivity index (χ0n) is 11.3. The highest BCUT2D eigenvalue weighted by molar-refractivity contribution is 6.30. The third kappa shape index (κ3) is 3.79. The quantitative estimate of drug-likeness (QED) is 0.869. The van der Waals surface area contributed by atoms with Gasteiger partial charge in [0.25, 0.3) is 0 Å². The lowest BCUT2D eigenvalue weighted by Crippen LogP contribution is -2.14. The molecular formula is C14H12ClF3N4. The normalized spacial score (nSPS) is 14.7. The second-order valence-corrected chi connectivity index (χ2v) is 5.45. The minimum Gasteiger partial charge on any atom is -0.351 e. The van der Waals surface area contributed by atoms with Gasteiger partial charge in [0, 0.05) is 22.8 Å². The first-order valence-corrected chi connectivity index (χ1v) is 7.03. The fraction of sp³-hybridized carbons (Fsp3) is 0.286. The van der Waals surface area contributed by atoms with Crippen LogP contribution in [0.5, 0.6) is 0 Å². The van der Waals surface area contributed by atoms with E-state index in [1.165, 1.54) is 0 Å². The Kier molecular flexibility index (Phi) is 3.82. The van der Waals surface area contributed by atoms with Gasteiger partial charge < -0.3 is 10.6 Å². The zero-order chi connectivity index (χ0) is 15.7. The first kappa shape index (κ1) is 14.9. The summed E-state index contributed by atoms with van der Waals surface area (Å²) in [6, 6.07) is 7.63. The molecule has 0 unspecified atom stereocenters. The Morgan fingerprint density at radius 1 is 1.09 bits per heavy atom. The first-order chi connectivity index (χ1) is 10.4. The van der Waals surface area contributed by atoms with Crippen LogP contribution >= 0.6 is 11.6 Å². The standard InChI is InChI=1S/C14H12ClF3N4/c15-8-1-3-9(4-2-8)19-12-7-11(14(16,17)18)21-13(22-12)20-10-5-6-10/h1-4,7,10H,5-6H2,(H2,19,20,21,22). The predicted octanol–water partition coefficient (Wildman–Crippen LogP) is 4.47. The molecule has 0 spiro atoms. The van der Waals surface area contributed by atoms with Gasteiger partial charge >= 0.3 is 6.18 Å². The minimum atomic E-state index is -4.53. The van der Waals surface area contributed by atoms with Gasteiger partial charge in [0.1, 0.15) is 5.82 Å². The Morgan fingerprint density at radius 3 is 2.36 bits per heavy atom. The predicted molar refractivity (Wildman–Crippen MR) is 78.4 cm³/mol. The van der Waals surface area contributed by atoms with E-state index in [4.69, 9.17) is 11.6 Å². The monoisotopic (exact) mass is 328 g/mol. The minimum absolute atomic E-state index is 0.0196. The Morgan fingerprint density at radius 2 is 1.77 bits per heavy atom. The van der Waals surface area contributed by atoms with E-state index in [1.54, 1.807) is 24.3 Å².